The highest BCUT2D eigenvalue weighted by Gasteiger charge is 2.25. The fourth-order valence-corrected chi connectivity index (χ4v) is 4.24. The molecule has 0 aliphatic carbocycles. The van der Waals surface area contributed by atoms with Crippen LogP contribution >= 0.6 is 0 Å². The normalized spacial score (nSPS) is 11.1. The van der Waals surface area contributed by atoms with Gasteiger partial charge >= 0.3 is 0 Å². The van der Waals surface area contributed by atoms with Crippen LogP contribution in [0.15, 0.2) is 78.0 Å². The first kappa shape index (κ1) is 19.6. The van der Waals surface area contributed by atoms with Gasteiger partial charge in [-0.1, -0.05) is 18.2 Å². The molecule has 1 N–H and O–H groups in total. The fourth-order valence-electron chi connectivity index (χ4n) is 2.80. The fraction of sp³-hybridized carbons (Fsp3) is 0.143. The highest BCUT2D eigenvalue weighted by atomic mass is 32.2. The minimum Gasteiger partial charge on any atom is -0.326 e. The van der Waals surface area contributed by atoms with Crippen LogP contribution in [-0.2, 0) is 21.4 Å². The average Bonchev–Trinajstić information content (AvgIpc) is 2.67. The molecule has 0 spiro atoms. The number of aryl methyl sites for hydroxylation is 1. The van der Waals surface area contributed by atoms with Gasteiger partial charge in [0.25, 0.3) is 10.0 Å². The highest BCUT2D eigenvalue weighted by Crippen LogP contribution is 2.27. The third-order valence-corrected chi connectivity index (χ3v) is 5.89. The molecule has 0 radical (unpaired) electrons. The minimum atomic E-state index is -3.82. The van der Waals surface area contributed by atoms with Gasteiger partial charge in [0.1, 0.15) is 0 Å². The molecule has 0 saturated carbocycles. The van der Waals surface area contributed by atoms with Gasteiger partial charge < -0.3 is 5.32 Å². The second-order valence-corrected chi connectivity index (χ2v) is 8.28. The van der Waals surface area contributed by atoms with E-state index in [2.05, 4.69) is 10.3 Å². The van der Waals surface area contributed by atoms with Crippen molar-refractivity contribution in [1.82, 2.24) is 4.98 Å². The van der Waals surface area contributed by atoms with E-state index in [0.29, 0.717) is 11.4 Å². The van der Waals surface area contributed by atoms with Crippen molar-refractivity contribution in [3.05, 3.63) is 84.2 Å². The summed E-state index contributed by atoms with van der Waals surface area (Å²) < 4.78 is 28.2. The van der Waals surface area contributed by atoms with E-state index in [0.717, 1.165) is 11.1 Å². The van der Waals surface area contributed by atoms with Crippen LogP contribution in [0.2, 0.25) is 0 Å². The molecule has 1 amide bonds. The van der Waals surface area contributed by atoms with Gasteiger partial charge in [-0.15, -0.1) is 0 Å². The van der Waals surface area contributed by atoms with Gasteiger partial charge in [0, 0.05) is 25.0 Å². The standard InChI is InChI=1S/C21H21N3O3S/c1-16-5-3-7-20(13-16)24(15-18-6-4-12-22-14-18)28(26,27)21-10-8-19(9-11-21)23-17(2)25/h3-14H,15H2,1-2H3,(H,23,25). The van der Waals surface area contributed by atoms with Crippen molar-refractivity contribution < 1.29 is 13.2 Å². The molecule has 1 aromatic heterocycles. The van der Waals surface area contributed by atoms with Crippen LogP contribution in [0.4, 0.5) is 11.4 Å². The largest absolute Gasteiger partial charge is 0.326 e. The van der Waals surface area contributed by atoms with Gasteiger partial charge in [0.15, 0.2) is 0 Å². The van der Waals surface area contributed by atoms with Gasteiger partial charge in [-0.3, -0.25) is 14.1 Å². The lowest BCUT2D eigenvalue weighted by Gasteiger charge is -2.25. The van der Waals surface area contributed by atoms with E-state index in [1.165, 1.54) is 23.4 Å². The predicted molar refractivity (Wildman–Crippen MR) is 110 cm³/mol. The van der Waals surface area contributed by atoms with Crippen LogP contribution in [0.5, 0.6) is 0 Å². The SMILES string of the molecule is CC(=O)Nc1ccc(S(=O)(=O)N(Cc2cccnc2)c2cccc(C)c2)cc1. The zero-order chi connectivity index (χ0) is 20.1. The van der Waals surface area contributed by atoms with Gasteiger partial charge in [-0.2, -0.15) is 0 Å². The smallest absolute Gasteiger partial charge is 0.264 e. The van der Waals surface area contributed by atoms with Crippen LogP contribution in [0.25, 0.3) is 0 Å². The van der Waals surface area contributed by atoms with Gasteiger partial charge in [-0.05, 0) is 60.5 Å². The number of carbonyl (C=O) groups is 1. The first-order valence-corrected chi connectivity index (χ1v) is 10.2. The molecule has 0 atom stereocenters. The summed E-state index contributed by atoms with van der Waals surface area (Å²) in [5.41, 5.74) is 2.86. The predicted octanol–water partition coefficient (Wildman–Crippen LogP) is 3.74. The van der Waals surface area contributed by atoms with E-state index in [-0.39, 0.29) is 17.3 Å². The summed E-state index contributed by atoms with van der Waals surface area (Å²) in [5.74, 6) is -0.214. The van der Waals surface area contributed by atoms with Crippen molar-refractivity contribution in [2.24, 2.45) is 0 Å². The quantitative estimate of drug-likeness (QED) is 0.689. The summed E-state index contributed by atoms with van der Waals surface area (Å²) in [5, 5.41) is 2.64. The van der Waals surface area contributed by atoms with Gasteiger partial charge in [-0.25, -0.2) is 8.42 Å². The van der Waals surface area contributed by atoms with Crippen molar-refractivity contribution in [2.75, 3.05) is 9.62 Å². The third kappa shape index (κ3) is 4.55. The summed E-state index contributed by atoms with van der Waals surface area (Å²) in [6.07, 6.45) is 3.30. The summed E-state index contributed by atoms with van der Waals surface area (Å²) in [6.45, 7) is 3.48. The van der Waals surface area contributed by atoms with Crippen molar-refractivity contribution in [2.45, 2.75) is 25.3 Å². The van der Waals surface area contributed by atoms with Gasteiger partial charge in [0.05, 0.1) is 17.1 Å². The van der Waals surface area contributed by atoms with Crippen molar-refractivity contribution in [3.8, 4) is 0 Å². The van der Waals surface area contributed by atoms with Crippen LogP contribution in [-0.4, -0.2) is 19.3 Å². The molecule has 0 aliphatic heterocycles. The molecular weight excluding hydrogens is 374 g/mol. The lowest BCUT2D eigenvalue weighted by atomic mass is 10.2. The summed E-state index contributed by atoms with van der Waals surface area (Å²) in [7, 11) is -3.82. The molecule has 7 heteroatoms. The lowest BCUT2D eigenvalue weighted by molar-refractivity contribution is -0.114. The Balaban J connectivity index is 2.01. The molecule has 0 fully saturated rings. The minimum absolute atomic E-state index is 0.145. The Morgan fingerprint density at radius 2 is 1.82 bits per heavy atom. The molecule has 2 aromatic carbocycles. The van der Waals surface area contributed by atoms with Gasteiger partial charge in [0.2, 0.25) is 5.91 Å². The molecular formula is C21H21N3O3S. The first-order valence-electron chi connectivity index (χ1n) is 8.72. The molecule has 0 unspecified atom stereocenters. The van der Waals surface area contributed by atoms with E-state index in [1.807, 2.05) is 31.2 Å². The van der Waals surface area contributed by atoms with Crippen LogP contribution in [0.1, 0.15) is 18.1 Å². The van der Waals surface area contributed by atoms with E-state index in [1.54, 1.807) is 36.7 Å². The van der Waals surface area contributed by atoms with E-state index >= 15 is 0 Å². The summed E-state index contributed by atoms with van der Waals surface area (Å²) >= 11 is 0. The van der Waals surface area contributed by atoms with Crippen LogP contribution in [0.3, 0.4) is 0 Å². The number of rotatable bonds is 6. The molecule has 3 aromatic rings. The number of pyridine rings is 1. The second kappa shape index (κ2) is 8.22. The molecule has 0 aliphatic rings. The summed E-state index contributed by atoms with van der Waals surface area (Å²) in [6, 6.07) is 17.1. The molecule has 144 valence electrons. The lowest BCUT2D eigenvalue weighted by Crippen LogP contribution is -2.30. The van der Waals surface area contributed by atoms with E-state index in [9.17, 15) is 13.2 Å². The van der Waals surface area contributed by atoms with E-state index in [4.69, 9.17) is 0 Å². The van der Waals surface area contributed by atoms with Crippen LogP contribution in [0, 0.1) is 6.92 Å². The summed E-state index contributed by atoms with van der Waals surface area (Å²) in [4.78, 5) is 15.4. The molecule has 6 nitrogen and oxygen atoms in total. The first-order chi connectivity index (χ1) is 13.4. The van der Waals surface area contributed by atoms with Crippen LogP contribution < -0.4 is 9.62 Å². The Hall–Kier alpha value is -3.19. The zero-order valence-electron chi connectivity index (χ0n) is 15.7. The van der Waals surface area contributed by atoms with Crippen molar-refractivity contribution >= 4 is 27.3 Å². The van der Waals surface area contributed by atoms with Crippen molar-refractivity contribution in [3.63, 3.8) is 0 Å². The average molecular weight is 395 g/mol. The number of carbonyl (C=O) groups excluding carboxylic acids is 1. The topological polar surface area (TPSA) is 79.4 Å². The molecule has 0 saturated heterocycles. The molecule has 0 bridgehead atoms. The number of hydrogen-bond acceptors (Lipinski definition) is 4. The third-order valence-electron chi connectivity index (χ3n) is 4.10. The second-order valence-electron chi connectivity index (χ2n) is 6.42. The Bertz CT molecular complexity index is 1070. The van der Waals surface area contributed by atoms with E-state index < -0.39 is 10.0 Å². The maximum atomic E-state index is 13.4. The Morgan fingerprint density at radius 1 is 1.07 bits per heavy atom. The zero-order valence-corrected chi connectivity index (χ0v) is 16.5. The number of nitrogens with zero attached hydrogens (tertiary/aromatic N) is 2. The number of aromatic nitrogens is 1. The molecule has 1 heterocycles. The molecule has 28 heavy (non-hydrogen) atoms. The Kier molecular flexibility index (Phi) is 5.75. The molecule has 3 rings (SSSR count). The Morgan fingerprint density at radius 3 is 2.43 bits per heavy atom. The number of amides is 1. The maximum absolute atomic E-state index is 13.4. The number of sulfonamides is 1. The van der Waals surface area contributed by atoms with Crippen molar-refractivity contribution in [1.29, 1.82) is 0 Å². The monoisotopic (exact) mass is 395 g/mol. The Labute approximate surface area is 164 Å². The maximum Gasteiger partial charge on any atom is 0.264 e. The number of benzene rings is 2. The highest BCUT2D eigenvalue weighted by molar-refractivity contribution is 7.92. The number of hydrogen-bond donors (Lipinski definition) is 1. The number of anilines is 2. The number of nitrogens with one attached hydrogen (secondary N) is 1.